The molecule has 2 aromatic rings. The SMILES string of the molecule is C/C(=C\[C@H](C)CO[Si](c1ccccc1)(c1ccccc1)C(C)(C)C)[C@@H](O)CC(=O)N1C(=S)SC[C@H]1C(C)C. The zero-order chi connectivity index (χ0) is 28.1. The highest BCUT2D eigenvalue weighted by Gasteiger charge is 2.50. The number of carbonyl (C=O) groups is 1. The number of aliphatic hydroxyl groups is 1. The third kappa shape index (κ3) is 6.86. The van der Waals surface area contributed by atoms with Gasteiger partial charge in [0.15, 0.2) is 0 Å². The van der Waals surface area contributed by atoms with Gasteiger partial charge in [-0.05, 0) is 39.7 Å². The van der Waals surface area contributed by atoms with Gasteiger partial charge >= 0.3 is 0 Å². The smallest absolute Gasteiger partial charge is 0.261 e. The molecule has 206 valence electrons. The van der Waals surface area contributed by atoms with Crippen LogP contribution < -0.4 is 10.4 Å². The van der Waals surface area contributed by atoms with Crippen LogP contribution in [0.1, 0.15) is 54.9 Å². The van der Waals surface area contributed by atoms with Gasteiger partial charge in [0.1, 0.15) is 4.32 Å². The summed E-state index contributed by atoms with van der Waals surface area (Å²) in [6.07, 6.45) is 1.24. The summed E-state index contributed by atoms with van der Waals surface area (Å²) in [5.41, 5.74) is 0.788. The molecular weight excluding hydrogens is 527 g/mol. The first-order chi connectivity index (χ1) is 17.9. The summed E-state index contributed by atoms with van der Waals surface area (Å²) >= 11 is 6.99. The predicted molar refractivity (Wildman–Crippen MR) is 168 cm³/mol. The van der Waals surface area contributed by atoms with Crippen molar-refractivity contribution in [3.8, 4) is 0 Å². The van der Waals surface area contributed by atoms with Gasteiger partial charge in [-0.25, -0.2) is 0 Å². The van der Waals surface area contributed by atoms with Gasteiger partial charge in [-0.1, -0.05) is 132 Å². The fourth-order valence-corrected chi connectivity index (χ4v) is 11.6. The fourth-order valence-electron chi connectivity index (χ4n) is 5.26. The first kappa shape index (κ1) is 30.8. The van der Waals surface area contributed by atoms with E-state index in [1.54, 1.807) is 16.7 Å². The molecule has 4 nitrogen and oxygen atoms in total. The monoisotopic (exact) mass is 569 g/mol. The van der Waals surface area contributed by atoms with Crippen LogP contribution in [0, 0.1) is 11.8 Å². The highest BCUT2D eigenvalue weighted by Crippen LogP contribution is 2.37. The molecule has 0 bridgehead atoms. The molecule has 3 atom stereocenters. The molecule has 1 heterocycles. The molecule has 1 aliphatic rings. The van der Waals surface area contributed by atoms with Crippen LogP contribution >= 0.6 is 24.0 Å². The van der Waals surface area contributed by atoms with Crippen molar-refractivity contribution >= 4 is 52.9 Å². The maximum absolute atomic E-state index is 13.1. The standard InChI is InChI=1S/C31H43NO3S2Si/c1-22(2)27-21-37-30(36)32(27)29(34)19-28(33)24(4)18-23(3)20-35-38(31(5,6)7,25-14-10-8-11-15-25)26-16-12-9-13-17-26/h8-18,22-23,27-28,33H,19-21H2,1-7H3/b24-18+/t23-,27-,28-/m0/s1. The van der Waals surface area contributed by atoms with Crippen LogP contribution in [0.4, 0.5) is 0 Å². The third-order valence-corrected chi connectivity index (χ3v) is 13.9. The number of benzene rings is 2. The Kier molecular flexibility index (Phi) is 10.6. The topological polar surface area (TPSA) is 49.8 Å². The molecule has 1 saturated heterocycles. The van der Waals surface area contributed by atoms with E-state index in [4.69, 9.17) is 16.6 Å². The fraction of sp³-hybridized carbons (Fsp3) is 0.484. The molecule has 1 aliphatic heterocycles. The third-order valence-electron chi connectivity index (χ3n) is 7.36. The van der Waals surface area contributed by atoms with Crippen LogP contribution in [0.3, 0.4) is 0 Å². The number of thioether (sulfide) groups is 1. The van der Waals surface area contributed by atoms with Gasteiger partial charge in [0.25, 0.3) is 8.32 Å². The molecule has 0 saturated carbocycles. The molecular formula is C31H43NO3S2Si. The minimum absolute atomic E-state index is 0.0362. The number of aliphatic hydroxyl groups excluding tert-OH is 1. The van der Waals surface area contributed by atoms with E-state index in [1.165, 1.54) is 10.4 Å². The van der Waals surface area contributed by atoms with E-state index in [9.17, 15) is 9.90 Å². The first-order valence-electron chi connectivity index (χ1n) is 13.5. The number of rotatable bonds is 10. The number of carbonyl (C=O) groups excluding carboxylic acids is 1. The average molecular weight is 570 g/mol. The summed E-state index contributed by atoms with van der Waals surface area (Å²) in [6.45, 7) is 15.5. The second-order valence-electron chi connectivity index (χ2n) is 11.7. The van der Waals surface area contributed by atoms with Crippen molar-refractivity contribution < 1.29 is 14.3 Å². The Bertz CT molecular complexity index is 1080. The van der Waals surface area contributed by atoms with Crippen LogP contribution in [0.25, 0.3) is 0 Å². The van der Waals surface area contributed by atoms with Crippen molar-refractivity contribution in [1.82, 2.24) is 4.90 Å². The molecule has 1 N–H and O–H groups in total. The largest absolute Gasteiger partial charge is 0.407 e. The Morgan fingerprint density at radius 2 is 1.63 bits per heavy atom. The highest BCUT2D eigenvalue weighted by atomic mass is 32.2. The quantitative estimate of drug-likeness (QED) is 0.223. The van der Waals surface area contributed by atoms with Crippen LogP contribution in [0.5, 0.6) is 0 Å². The first-order valence-corrected chi connectivity index (χ1v) is 16.8. The van der Waals surface area contributed by atoms with Crippen molar-refractivity contribution in [2.75, 3.05) is 12.4 Å². The van der Waals surface area contributed by atoms with Gasteiger partial charge < -0.3 is 9.53 Å². The van der Waals surface area contributed by atoms with E-state index in [1.807, 2.05) is 25.1 Å². The maximum atomic E-state index is 13.1. The van der Waals surface area contributed by atoms with Crippen LogP contribution in [0.15, 0.2) is 72.3 Å². The number of hydrogen-bond donors (Lipinski definition) is 1. The Labute approximate surface area is 240 Å². The van der Waals surface area contributed by atoms with Gasteiger partial charge in [-0.3, -0.25) is 9.69 Å². The molecule has 1 fully saturated rings. The summed E-state index contributed by atoms with van der Waals surface area (Å²) in [7, 11) is -2.63. The summed E-state index contributed by atoms with van der Waals surface area (Å²) < 4.78 is 7.66. The Hall–Kier alpha value is -1.77. The maximum Gasteiger partial charge on any atom is 0.261 e. The number of thiocarbonyl (C=S) groups is 1. The molecule has 0 aromatic heterocycles. The van der Waals surface area contributed by atoms with Crippen molar-refractivity contribution in [3.63, 3.8) is 0 Å². The lowest BCUT2D eigenvalue weighted by Crippen LogP contribution is -2.66. The summed E-state index contributed by atoms with van der Waals surface area (Å²) in [6, 6.07) is 21.3. The van der Waals surface area contributed by atoms with E-state index in [-0.39, 0.29) is 29.3 Å². The van der Waals surface area contributed by atoms with Crippen molar-refractivity contribution in [3.05, 3.63) is 72.3 Å². The Morgan fingerprint density at radius 1 is 1.11 bits per heavy atom. The van der Waals surface area contributed by atoms with Gasteiger partial charge in [0, 0.05) is 18.4 Å². The Morgan fingerprint density at radius 3 is 2.11 bits per heavy atom. The van der Waals surface area contributed by atoms with E-state index in [0.717, 1.165) is 11.3 Å². The van der Waals surface area contributed by atoms with Crippen LogP contribution in [-0.2, 0) is 9.22 Å². The van der Waals surface area contributed by atoms with E-state index >= 15 is 0 Å². The van der Waals surface area contributed by atoms with E-state index in [0.29, 0.717) is 16.8 Å². The van der Waals surface area contributed by atoms with Crippen molar-refractivity contribution in [1.29, 1.82) is 0 Å². The number of hydrogen-bond acceptors (Lipinski definition) is 5. The molecule has 38 heavy (non-hydrogen) atoms. The van der Waals surface area contributed by atoms with Crippen molar-refractivity contribution in [2.45, 2.75) is 72.1 Å². The van der Waals surface area contributed by atoms with E-state index in [2.05, 4.69) is 90.1 Å². The molecule has 0 aliphatic carbocycles. The molecule has 2 aromatic carbocycles. The number of amides is 1. The normalized spacial score (nSPS) is 18.7. The molecule has 0 spiro atoms. The van der Waals surface area contributed by atoms with Crippen molar-refractivity contribution in [2.24, 2.45) is 11.8 Å². The zero-order valence-corrected chi connectivity index (χ0v) is 26.4. The lowest BCUT2D eigenvalue weighted by molar-refractivity contribution is -0.130. The van der Waals surface area contributed by atoms with Crippen LogP contribution in [-0.4, -0.2) is 53.1 Å². The molecule has 0 radical (unpaired) electrons. The molecule has 3 rings (SSSR count). The minimum Gasteiger partial charge on any atom is -0.407 e. The molecule has 7 heteroatoms. The minimum atomic E-state index is -2.63. The molecule has 1 amide bonds. The summed E-state index contributed by atoms with van der Waals surface area (Å²) in [5, 5.41) is 13.3. The second kappa shape index (κ2) is 13.1. The summed E-state index contributed by atoms with van der Waals surface area (Å²) in [4.78, 5) is 14.8. The van der Waals surface area contributed by atoms with Gasteiger partial charge in [0.2, 0.25) is 5.91 Å². The highest BCUT2D eigenvalue weighted by molar-refractivity contribution is 8.23. The Balaban J connectivity index is 1.77. The summed E-state index contributed by atoms with van der Waals surface area (Å²) in [5.74, 6) is 1.10. The second-order valence-corrected chi connectivity index (χ2v) is 17.7. The average Bonchev–Trinajstić information content (AvgIpc) is 3.26. The lowest BCUT2D eigenvalue weighted by atomic mass is 10.0. The van der Waals surface area contributed by atoms with Gasteiger partial charge in [-0.2, -0.15) is 0 Å². The van der Waals surface area contributed by atoms with Crippen LogP contribution in [0.2, 0.25) is 5.04 Å². The zero-order valence-electron chi connectivity index (χ0n) is 23.8. The van der Waals surface area contributed by atoms with Gasteiger partial charge in [-0.15, -0.1) is 0 Å². The lowest BCUT2D eigenvalue weighted by Gasteiger charge is -2.43. The predicted octanol–water partition coefficient (Wildman–Crippen LogP) is 5.78. The van der Waals surface area contributed by atoms with E-state index < -0.39 is 14.4 Å². The molecule has 0 unspecified atom stereocenters. The van der Waals surface area contributed by atoms with Gasteiger partial charge in [0.05, 0.1) is 12.5 Å². The number of nitrogens with zero attached hydrogens (tertiary/aromatic N) is 1.